The quantitative estimate of drug-likeness (QED) is 0.653. The molecule has 0 bridgehead atoms. The molecule has 0 atom stereocenters. The maximum Gasteiger partial charge on any atom is 0.417 e. The second kappa shape index (κ2) is 5.16. The maximum absolute atomic E-state index is 13.0. The largest absolute Gasteiger partial charge is 0.417 e. The molecule has 3 rings (SSSR count). The van der Waals surface area contributed by atoms with Crippen molar-refractivity contribution in [1.82, 2.24) is 10.2 Å². The van der Waals surface area contributed by atoms with Gasteiger partial charge in [-0.25, -0.2) is 0 Å². The topological polar surface area (TPSA) is 38.9 Å². The Hall–Kier alpha value is -1.86. The van der Waals surface area contributed by atoms with E-state index in [1.165, 1.54) is 29.5 Å². The highest BCUT2D eigenvalue weighted by Crippen LogP contribution is 2.38. The van der Waals surface area contributed by atoms with E-state index in [1.54, 1.807) is 11.4 Å². The lowest BCUT2D eigenvalue weighted by atomic mass is 10.1. The fraction of sp³-hybridized carbons (Fsp3) is 0.0769. The third kappa shape index (κ3) is 2.66. The van der Waals surface area contributed by atoms with E-state index in [4.69, 9.17) is 16.0 Å². The maximum atomic E-state index is 13.0. The van der Waals surface area contributed by atoms with Crippen molar-refractivity contribution in [3.8, 4) is 22.2 Å². The fourth-order valence-electron chi connectivity index (χ4n) is 1.79. The molecule has 3 nitrogen and oxygen atoms in total. The summed E-state index contributed by atoms with van der Waals surface area (Å²) in [4.78, 5) is 0.528. The smallest absolute Gasteiger partial charge is 0.415 e. The average molecular weight is 331 g/mol. The lowest BCUT2D eigenvalue weighted by molar-refractivity contribution is -0.137. The van der Waals surface area contributed by atoms with Crippen LogP contribution in [0.3, 0.4) is 0 Å². The monoisotopic (exact) mass is 330 g/mol. The van der Waals surface area contributed by atoms with Crippen LogP contribution < -0.4 is 0 Å². The summed E-state index contributed by atoms with van der Waals surface area (Å²) in [7, 11) is 0. The highest BCUT2D eigenvalue weighted by molar-refractivity contribution is 7.14. The lowest BCUT2D eigenvalue weighted by Gasteiger charge is -2.09. The van der Waals surface area contributed by atoms with E-state index in [9.17, 15) is 13.2 Å². The van der Waals surface area contributed by atoms with Crippen molar-refractivity contribution in [2.24, 2.45) is 0 Å². The van der Waals surface area contributed by atoms with Gasteiger partial charge in [-0.3, -0.25) is 0 Å². The second-order valence-electron chi connectivity index (χ2n) is 4.05. The minimum atomic E-state index is -4.49. The number of thiophene rings is 1. The first kappa shape index (κ1) is 14.1. The van der Waals surface area contributed by atoms with Gasteiger partial charge >= 0.3 is 6.18 Å². The molecule has 0 fully saturated rings. The molecule has 0 unspecified atom stereocenters. The molecule has 21 heavy (non-hydrogen) atoms. The predicted octanol–water partition coefficient (Wildman–Crippen LogP) is 5.14. The number of alkyl halides is 3. The minimum absolute atomic E-state index is 0.0991. The van der Waals surface area contributed by atoms with Crippen molar-refractivity contribution in [2.75, 3.05) is 0 Å². The third-order valence-electron chi connectivity index (χ3n) is 2.70. The van der Waals surface area contributed by atoms with Crippen LogP contribution >= 0.6 is 22.9 Å². The molecule has 0 amide bonds. The van der Waals surface area contributed by atoms with E-state index in [-0.39, 0.29) is 17.3 Å². The van der Waals surface area contributed by atoms with Crippen LogP contribution in [0.5, 0.6) is 0 Å². The Morgan fingerprint density at radius 3 is 2.43 bits per heavy atom. The number of nitrogens with zero attached hydrogens (tertiary/aromatic N) is 2. The normalized spacial score (nSPS) is 11.8. The molecular formula is C13H6ClF3N2OS. The lowest BCUT2D eigenvalue weighted by Crippen LogP contribution is -2.06. The molecule has 0 aliphatic rings. The molecule has 2 heterocycles. The fourth-order valence-corrected chi connectivity index (χ4v) is 2.84. The number of rotatable bonds is 2. The van der Waals surface area contributed by atoms with Crippen LogP contribution in [0.2, 0.25) is 5.02 Å². The molecule has 108 valence electrons. The summed E-state index contributed by atoms with van der Waals surface area (Å²) < 4.78 is 44.2. The Labute approximate surface area is 126 Å². The van der Waals surface area contributed by atoms with Crippen molar-refractivity contribution in [3.05, 3.63) is 46.3 Å². The summed E-state index contributed by atoms with van der Waals surface area (Å²) in [6.07, 6.45) is -4.49. The van der Waals surface area contributed by atoms with E-state index >= 15 is 0 Å². The van der Waals surface area contributed by atoms with Crippen LogP contribution in [0.15, 0.2) is 40.1 Å². The Morgan fingerprint density at radius 1 is 1.05 bits per heavy atom. The molecular weight excluding hydrogens is 325 g/mol. The van der Waals surface area contributed by atoms with Gasteiger partial charge in [0.1, 0.15) is 4.88 Å². The van der Waals surface area contributed by atoms with Gasteiger partial charge in [0, 0.05) is 0 Å². The van der Waals surface area contributed by atoms with Gasteiger partial charge in [0.25, 0.3) is 5.89 Å². The summed E-state index contributed by atoms with van der Waals surface area (Å²) in [6, 6.07) is 6.69. The standard InChI is InChI=1S/C13H6ClF3N2OS/c14-9-5-6-21-10(9)12-19-18-11(20-12)7-3-1-2-4-8(7)13(15,16)17/h1-6H. The van der Waals surface area contributed by atoms with Gasteiger partial charge in [-0.15, -0.1) is 21.5 Å². The van der Waals surface area contributed by atoms with Crippen molar-refractivity contribution in [1.29, 1.82) is 0 Å². The molecule has 0 saturated carbocycles. The van der Waals surface area contributed by atoms with Crippen molar-refractivity contribution < 1.29 is 17.6 Å². The SMILES string of the molecule is FC(F)(F)c1ccccc1-c1nnc(-c2sccc2Cl)o1. The van der Waals surface area contributed by atoms with Crippen LogP contribution in [0.1, 0.15) is 5.56 Å². The molecule has 0 N–H and O–H groups in total. The molecule has 0 saturated heterocycles. The van der Waals surface area contributed by atoms with Crippen LogP contribution in [0.4, 0.5) is 13.2 Å². The minimum Gasteiger partial charge on any atom is -0.415 e. The van der Waals surface area contributed by atoms with E-state index in [0.717, 1.165) is 6.07 Å². The Balaban J connectivity index is 2.08. The predicted molar refractivity (Wildman–Crippen MR) is 73.1 cm³/mol. The number of halogens is 4. The number of hydrogen-bond acceptors (Lipinski definition) is 4. The number of benzene rings is 1. The van der Waals surface area contributed by atoms with Gasteiger partial charge in [0.15, 0.2) is 0 Å². The van der Waals surface area contributed by atoms with Crippen LogP contribution in [0.25, 0.3) is 22.2 Å². The third-order valence-corrected chi connectivity index (χ3v) is 4.03. The Bertz CT molecular complexity index is 782. The molecule has 0 aliphatic carbocycles. The summed E-state index contributed by atoms with van der Waals surface area (Å²) in [5.74, 6) is -0.0932. The van der Waals surface area contributed by atoms with Crippen molar-refractivity contribution in [2.45, 2.75) is 6.18 Å². The first-order valence-electron chi connectivity index (χ1n) is 5.70. The summed E-state index contributed by atoms with van der Waals surface area (Å²) in [5.41, 5.74) is -0.978. The number of aromatic nitrogens is 2. The summed E-state index contributed by atoms with van der Waals surface area (Å²) >= 11 is 7.21. The van der Waals surface area contributed by atoms with Crippen LogP contribution in [-0.4, -0.2) is 10.2 Å². The summed E-state index contributed by atoms with van der Waals surface area (Å²) in [5, 5.41) is 9.59. The van der Waals surface area contributed by atoms with Gasteiger partial charge < -0.3 is 4.42 Å². The van der Waals surface area contributed by atoms with Gasteiger partial charge in [-0.2, -0.15) is 13.2 Å². The van der Waals surface area contributed by atoms with E-state index in [1.807, 2.05) is 0 Å². The first-order chi connectivity index (χ1) is 9.97. The molecule has 0 radical (unpaired) electrons. The van der Waals surface area contributed by atoms with E-state index in [0.29, 0.717) is 9.90 Å². The van der Waals surface area contributed by atoms with Crippen LogP contribution in [0, 0.1) is 0 Å². The zero-order valence-electron chi connectivity index (χ0n) is 10.2. The second-order valence-corrected chi connectivity index (χ2v) is 5.38. The van der Waals surface area contributed by atoms with Gasteiger partial charge in [0.2, 0.25) is 5.89 Å². The molecule has 1 aromatic carbocycles. The zero-order chi connectivity index (χ0) is 15.0. The molecule has 0 spiro atoms. The number of hydrogen-bond donors (Lipinski definition) is 0. The average Bonchev–Trinajstić information content (AvgIpc) is 3.06. The zero-order valence-corrected chi connectivity index (χ0v) is 11.8. The highest BCUT2D eigenvalue weighted by atomic mass is 35.5. The van der Waals surface area contributed by atoms with E-state index in [2.05, 4.69) is 10.2 Å². The molecule has 2 aromatic heterocycles. The summed E-state index contributed by atoms with van der Waals surface area (Å²) in [6.45, 7) is 0. The molecule has 3 aromatic rings. The Morgan fingerprint density at radius 2 is 1.76 bits per heavy atom. The highest BCUT2D eigenvalue weighted by Gasteiger charge is 2.34. The van der Waals surface area contributed by atoms with Gasteiger partial charge in [-0.1, -0.05) is 23.7 Å². The molecule has 8 heteroatoms. The first-order valence-corrected chi connectivity index (χ1v) is 6.96. The van der Waals surface area contributed by atoms with Crippen molar-refractivity contribution in [3.63, 3.8) is 0 Å². The van der Waals surface area contributed by atoms with Gasteiger partial charge in [-0.05, 0) is 23.6 Å². The van der Waals surface area contributed by atoms with Gasteiger partial charge in [0.05, 0.1) is 16.1 Å². The van der Waals surface area contributed by atoms with Crippen molar-refractivity contribution >= 4 is 22.9 Å². The molecule has 0 aliphatic heterocycles. The Kier molecular flexibility index (Phi) is 3.46. The van der Waals surface area contributed by atoms with E-state index < -0.39 is 11.7 Å². The van der Waals surface area contributed by atoms with Crippen LogP contribution in [-0.2, 0) is 6.18 Å².